The summed E-state index contributed by atoms with van der Waals surface area (Å²) in [5.74, 6) is 0. The molecule has 1 saturated heterocycles. The van der Waals surface area contributed by atoms with E-state index >= 15 is 0 Å². The Kier molecular flexibility index (Phi) is 2.92. The van der Waals surface area contributed by atoms with E-state index in [9.17, 15) is 5.11 Å². The molecule has 0 bridgehead atoms. The van der Waals surface area contributed by atoms with Crippen LogP contribution < -0.4 is 4.90 Å². The molecule has 3 heteroatoms. The van der Waals surface area contributed by atoms with Crippen LogP contribution in [0.4, 0.5) is 5.69 Å². The summed E-state index contributed by atoms with van der Waals surface area (Å²) in [6.45, 7) is 3.79. The monoisotopic (exact) mass is 242 g/mol. The minimum absolute atomic E-state index is 0.193. The number of aryl methyl sites for hydroxylation is 1. The minimum Gasteiger partial charge on any atom is -0.391 e. The summed E-state index contributed by atoms with van der Waals surface area (Å²) in [7, 11) is 0. The van der Waals surface area contributed by atoms with Crippen LogP contribution in [0.25, 0.3) is 10.9 Å². The highest BCUT2D eigenvalue weighted by molar-refractivity contribution is 5.92. The van der Waals surface area contributed by atoms with Gasteiger partial charge in [-0.15, -0.1) is 0 Å². The van der Waals surface area contributed by atoms with E-state index in [0.717, 1.165) is 37.1 Å². The molecule has 3 nitrogen and oxygen atoms in total. The summed E-state index contributed by atoms with van der Waals surface area (Å²) in [6.07, 6.45) is 1.61. The molecule has 0 aliphatic carbocycles. The van der Waals surface area contributed by atoms with Gasteiger partial charge in [0.2, 0.25) is 0 Å². The highest BCUT2D eigenvalue weighted by Crippen LogP contribution is 2.29. The molecule has 1 aliphatic rings. The van der Waals surface area contributed by atoms with Gasteiger partial charge in [-0.25, -0.2) is 0 Å². The molecule has 1 N–H and O–H groups in total. The number of nitrogens with zero attached hydrogens (tertiary/aromatic N) is 2. The maximum atomic E-state index is 9.70. The van der Waals surface area contributed by atoms with Crippen molar-refractivity contribution < 1.29 is 5.11 Å². The van der Waals surface area contributed by atoms with Crippen molar-refractivity contribution in [2.45, 2.75) is 25.9 Å². The molecule has 0 unspecified atom stereocenters. The summed E-state index contributed by atoms with van der Waals surface area (Å²) in [6, 6.07) is 10.4. The van der Waals surface area contributed by atoms with E-state index in [1.54, 1.807) is 0 Å². The smallest absolute Gasteiger partial charge is 0.0731 e. The first-order valence-corrected chi connectivity index (χ1v) is 6.59. The second kappa shape index (κ2) is 4.58. The van der Waals surface area contributed by atoms with Crippen molar-refractivity contribution in [3.8, 4) is 0 Å². The number of benzene rings is 1. The second-order valence-corrected chi connectivity index (χ2v) is 4.89. The van der Waals surface area contributed by atoms with Crippen LogP contribution in [0.3, 0.4) is 0 Å². The van der Waals surface area contributed by atoms with Gasteiger partial charge in [0, 0.05) is 29.9 Å². The molecule has 3 rings (SSSR count). The molecule has 94 valence electrons. The predicted octanol–water partition coefficient (Wildman–Crippen LogP) is 2.37. The molecule has 2 aromatic rings. The fourth-order valence-electron chi connectivity index (χ4n) is 2.61. The van der Waals surface area contributed by atoms with Gasteiger partial charge >= 0.3 is 0 Å². The zero-order chi connectivity index (χ0) is 12.5. The number of pyridine rings is 1. The van der Waals surface area contributed by atoms with Crippen LogP contribution >= 0.6 is 0 Å². The standard InChI is InChI=1S/C15H18N2O/c1-2-11-9-15(17-8-7-12(18)10-17)13-5-3-4-6-14(13)16-11/h3-6,9,12,18H,2,7-8,10H2,1H3/t12-/m0/s1. The van der Waals surface area contributed by atoms with Crippen LogP contribution in [0.1, 0.15) is 19.0 Å². The molecule has 1 aliphatic heterocycles. The first-order valence-electron chi connectivity index (χ1n) is 6.59. The lowest BCUT2D eigenvalue weighted by atomic mass is 10.1. The topological polar surface area (TPSA) is 36.4 Å². The third-order valence-electron chi connectivity index (χ3n) is 3.61. The lowest BCUT2D eigenvalue weighted by Gasteiger charge is -2.20. The minimum atomic E-state index is -0.193. The molecule has 1 fully saturated rings. The molecule has 0 saturated carbocycles. The van der Waals surface area contributed by atoms with Gasteiger partial charge in [-0.3, -0.25) is 4.98 Å². The molecular formula is C15H18N2O. The number of β-amino-alcohol motifs (C(OH)–C–C–N with tert-alkyl or cyclic N) is 1. The van der Waals surface area contributed by atoms with E-state index in [-0.39, 0.29) is 6.10 Å². The Morgan fingerprint density at radius 3 is 2.94 bits per heavy atom. The largest absolute Gasteiger partial charge is 0.391 e. The van der Waals surface area contributed by atoms with Crippen LogP contribution in [0.2, 0.25) is 0 Å². The first-order chi connectivity index (χ1) is 8.78. The van der Waals surface area contributed by atoms with Gasteiger partial charge in [0.05, 0.1) is 11.6 Å². The Bertz CT molecular complexity index is 567. The lowest BCUT2D eigenvalue weighted by Crippen LogP contribution is -2.21. The Morgan fingerprint density at radius 1 is 1.39 bits per heavy atom. The molecule has 0 amide bonds. The number of hydrogen-bond acceptors (Lipinski definition) is 3. The van der Waals surface area contributed by atoms with Crippen LogP contribution in [0, 0.1) is 0 Å². The Labute approximate surface area is 107 Å². The van der Waals surface area contributed by atoms with Crippen molar-refractivity contribution in [1.82, 2.24) is 4.98 Å². The SMILES string of the molecule is CCc1cc(N2CC[C@H](O)C2)c2ccccc2n1. The summed E-state index contributed by atoms with van der Waals surface area (Å²) >= 11 is 0. The second-order valence-electron chi connectivity index (χ2n) is 4.89. The third kappa shape index (κ3) is 1.95. The predicted molar refractivity (Wildman–Crippen MR) is 74.0 cm³/mol. The first kappa shape index (κ1) is 11.5. The van der Waals surface area contributed by atoms with E-state index in [2.05, 4.69) is 35.0 Å². The summed E-state index contributed by atoms with van der Waals surface area (Å²) in [5, 5.41) is 10.9. The number of hydrogen-bond donors (Lipinski definition) is 1. The van der Waals surface area contributed by atoms with Gasteiger partial charge in [0.1, 0.15) is 0 Å². The van der Waals surface area contributed by atoms with E-state index in [0.29, 0.717) is 0 Å². The molecule has 2 heterocycles. The molecule has 1 atom stereocenters. The zero-order valence-corrected chi connectivity index (χ0v) is 10.6. The van der Waals surface area contributed by atoms with Crippen molar-refractivity contribution in [3.63, 3.8) is 0 Å². The number of aromatic nitrogens is 1. The summed E-state index contributed by atoms with van der Waals surface area (Å²) in [5.41, 5.74) is 3.38. The Hall–Kier alpha value is -1.61. The number of para-hydroxylation sites is 1. The van der Waals surface area contributed by atoms with Gasteiger partial charge in [-0.1, -0.05) is 25.1 Å². The summed E-state index contributed by atoms with van der Waals surface area (Å²) < 4.78 is 0. The van der Waals surface area contributed by atoms with Gasteiger partial charge in [0.25, 0.3) is 0 Å². The number of anilines is 1. The van der Waals surface area contributed by atoms with E-state index in [1.165, 1.54) is 11.1 Å². The lowest BCUT2D eigenvalue weighted by molar-refractivity contribution is 0.198. The number of fused-ring (bicyclic) bond motifs is 1. The van der Waals surface area contributed by atoms with Crippen molar-refractivity contribution in [1.29, 1.82) is 0 Å². The molecule has 18 heavy (non-hydrogen) atoms. The van der Waals surface area contributed by atoms with Crippen LogP contribution in [-0.4, -0.2) is 29.3 Å². The van der Waals surface area contributed by atoms with E-state index in [1.807, 2.05) is 12.1 Å². The van der Waals surface area contributed by atoms with Crippen molar-refractivity contribution in [2.24, 2.45) is 0 Å². The quantitative estimate of drug-likeness (QED) is 0.878. The van der Waals surface area contributed by atoms with Crippen molar-refractivity contribution in [3.05, 3.63) is 36.0 Å². The summed E-state index contributed by atoms with van der Waals surface area (Å²) in [4.78, 5) is 6.93. The Morgan fingerprint density at radius 2 is 2.22 bits per heavy atom. The van der Waals surface area contributed by atoms with Crippen LogP contribution in [0.5, 0.6) is 0 Å². The fourth-order valence-corrected chi connectivity index (χ4v) is 2.61. The molecule has 1 aromatic heterocycles. The number of aliphatic hydroxyl groups excluding tert-OH is 1. The molecule has 1 aromatic carbocycles. The highest BCUT2D eigenvalue weighted by Gasteiger charge is 2.22. The molecular weight excluding hydrogens is 224 g/mol. The van der Waals surface area contributed by atoms with Gasteiger partial charge < -0.3 is 10.0 Å². The van der Waals surface area contributed by atoms with E-state index in [4.69, 9.17) is 0 Å². The zero-order valence-electron chi connectivity index (χ0n) is 10.6. The Balaban J connectivity index is 2.13. The number of rotatable bonds is 2. The van der Waals surface area contributed by atoms with Crippen molar-refractivity contribution >= 4 is 16.6 Å². The normalized spacial score (nSPS) is 19.7. The third-order valence-corrected chi connectivity index (χ3v) is 3.61. The highest BCUT2D eigenvalue weighted by atomic mass is 16.3. The van der Waals surface area contributed by atoms with Gasteiger partial charge in [-0.05, 0) is 25.0 Å². The fraction of sp³-hybridized carbons (Fsp3) is 0.400. The molecule has 0 radical (unpaired) electrons. The maximum Gasteiger partial charge on any atom is 0.0731 e. The van der Waals surface area contributed by atoms with Crippen LogP contribution in [-0.2, 0) is 6.42 Å². The molecule has 0 spiro atoms. The number of aliphatic hydroxyl groups is 1. The average Bonchev–Trinajstić information content (AvgIpc) is 2.84. The van der Waals surface area contributed by atoms with Crippen molar-refractivity contribution in [2.75, 3.05) is 18.0 Å². The van der Waals surface area contributed by atoms with Gasteiger partial charge in [0.15, 0.2) is 0 Å². The van der Waals surface area contributed by atoms with Gasteiger partial charge in [-0.2, -0.15) is 0 Å². The average molecular weight is 242 g/mol. The maximum absolute atomic E-state index is 9.70. The van der Waals surface area contributed by atoms with E-state index < -0.39 is 0 Å². The van der Waals surface area contributed by atoms with Crippen LogP contribution in [0.15, 0.2) is 30.3 Å².